The van der Waals surface area contributed by atoms with Crippen molar-refractivity contribution in [3.8, 4) is 0 Å². The van der Waals surface area contributed by atoms with Crippen molar-refractivity contribution < 1.29 is 10.2 Å². The fourth-order valence-corrected chi connectivity index (χ4v) is 0.683. The summed E-state index contributed by atoms with van der Waals surface area (Å²) in [5, 5.41) is 21.3. The second-order valence-corrected chi connectivity index (χ2v) is 3.63. The van der Waals surface area contributed by atoms with Crippen molar-refractivity contribution >= 4 is 0 Å². The molecule has 1 unspecified atom stereocenters. The van der Waals surface area contributed by atoms with Gasteiger partial charge >= 0.3 is 0 Å². The van der Waals surface area contributed by atoms with Gasteiger partial charge in [0.25, 0.3) is 0 Å². The molecule has 3 heteroatoms. The summed E-state index contributed by atoms with van der Waals surface area (Å²) in [5.74, 6) is 0. The molecule has 68 valence electrons. The molecule has 0 saturated heterocycles. The predicted octanol–water partition coefficient (Wildman–Crippen LogP) is 0.116. The van der Waals surface area contributed by atoms with Crippen LogP contribution in [0.3, 0.4) is 0 Å². The molecule has 0 fully saturated rings. The molecule has 2 atom stereocenters. The highest BCUT2D eigenvalue weighted by atomic mass is 16.3. The SMILES string of the molecule is CC(N[C@H](C)CO)C(C)(C)O. The van der Waals surface area contributed by atoms with E-state index in [1.165, 1.54) is 0 Å². The number of hydrogen-bond acceptors (Lipinski definition) is 3. The molecule has 0 saturated carbocycles. The smallest absolute Gasteiger partial charge is 0.0741 e. The Kier molecular flexibility index (Phi) is 4.00. The van der Waals surface area contributed by atoms with Gasteiger partial charge in [0, 0.05) is 12.1 Å². The standard InChI is InChI=1S/C8H19NO2/c1-6(5-10)9-7(2)8(3,4)11/h6-7,9-11H,5H2,1-4H3/t6-,7?/m1/s1. The van der Waals surface area contributed by atoms with Crippen LogP contribution in [0.2, 0.25) is 0 Å². The third kappa shape index (κ3) is 4.35. The first-order valence-corrected chi connectivity index (χ1v) is 3.97. The number of aliphatic hydroxyl groups excluding tert-OH is 1. The lowest BCUT2D eigenvalue weighted by atomic mass is 10.0. The zero-order valence-electron chi connectivity index (χ0n) is 7.76. The Labute approximate surface area is 68.4 Å². The van der Waals surface area contributed by atoms with Gasteiger partial charge in [-0.1, -0.05) is 0 Å². The zero-order chi connectivity index (χ0) is 9.07. The first-order valence-electron chi connectivity index (χ1n) is 3.97. The van der Waals surface area contributed by atoms with Crippen LogP contribution in [0, 0.1) is 0 Å². The van der Waals surface area contributed by atoms with Crippen LogP contribution in [-0.4, -0.2) is 34.5 Å². The van der Waals surface area contributed by atoms with E-state index in [1.54, 1.807) is 13.8 Å². The molecule has 3 N–H and O–H groups in total. The summed E-state index contributed by atoms with van der Waals surface area (Å²) in [6.07, 6.45) is 0. The maximum Gasteiger partial charge on any atom is 0.0741 e. The first-order chi connectivity index (χ1) is 4.88. The van der Waals surface area contributed by atoms with E-state index in [9.17, 15) is 5.11 Å². The van der Waals surface area contributed by atoms with Gasteiger partial charge in [-0.05, 0) is 27.7 Å². The third-order valence-corrected chi connectivity index (χ3v) is 1.87. The molecule has 0 bridgehead atoms. The maximum absolute atomic E-state index is 9.49. The van der Waals surface area contributed by atoms with Gasteiger partial charge in [-0.15, -0.1) is 0 Å². The number of nitrogens with one attached hydrogen (secondary N) is 1. The molecule has 11 heavy (non-hydrogen) atoms. The molecule has 0 aliphatic carbocycles. The zero-order valence-corrected chi connectivity index (χ0v) is 7.76. The molecular weight excluding hydrogens is 142 g/mol. The van der Waals surface area contributed by atoms with Gasteiger partial charge in [0.2, 0.25) is 0 Å². The minimum absolute atomic E-state index is 0.00958. The molecule has 0 spiro atoms. The van der Waals surface area contributed by atoms with E-state index in [0.717, 1.165) is 0 Å². The Morgan fingerprint density at radius 3 is 2.09 bits per heavy atom. The Balaban J connectivity index is 3.77. The van der Waals surface area contributed by atoms with Crippen LogP contribution in [0.5, 0.6) is 0 Å². The van der Waals surface area contributed by atoms with E-state index < -0.39 is 5.60 Å². The molecule has 0 aliphatic rings. The second kappa shape index (κ2) is 4.04. The molecule has 0 heterocycles. The lowest BCUT2D eigenvalue weighted by Crippen LogP contribution is -2.49. The average molecular weight is 161 g/mol. The van der Waals surface area contributed by atoms with Gasteiger partial charge in [-0.3, -0.25) is 0 Å². The monoisotopic (exact) mass is 161 g/mol. The Hall–Kier alpha value is -0.120. The van der Waals surface area contributed by atoms with E-state index >= 15 is 0 Å². The van der Waals surface area contributed by atoms with Crippen LogP contribution in [0.15, 0.2) is 0 Å². The summed E-state index contributed by atoms with van der Waals surface area (Å²) in [4.78, 5) is 0. The minimum Gasteiger partial charge on any atom is -0.395 e. The summed E-state index contributed by atoms with van der Waals surface area (Å²) < 4.78 is 0. The summed E-state index contributed by atoms with van der Waals surface area (Å²) in [7, 11) is 0. The van der Waals surface area contributed by atoms with Crippen LogP contribution in [0.25, 0.3) is 0 Å². The molecule has 0 aromatic heterocycles. The quantitative estimate of drug-likeness (QED) is 0.549. The average Bonchev–Trinajstić information content (AvgIpc) is 1.85. The number of aliphatic hydroxyl groups is 2. The number of rotatable bonds is 4. The van der Waals surface area contributed by atoms with Crippen molar-refractivity contribution in [2.45, 2.75) is 45.4 Å². The minimum atomic E-state index is -0.733. The summed E-state index contributed by atoms with van der Waals surface area (Å²) in [6, 6.07) is 0.0288. The van der Waals surface area contributed by atoms with Gasteiger partial charge in [0.15, 0.2) is 0 Å². The highest BCUT2D eigenvalue weighted by Crippen LogP contribution is 2.07. The van der Waals surface area contributed by atoms with Crippen LogP contribution < -0.4 is 5.32 Å². The van der Waals surface area contributed by atoms with Crippen LogP contribution in [-0.2, 0) is 0 Å². The second-order valence-electron chi connectivity index (χ2n) is 3.63. The Bertz CT molecular complexity index is 109. The molecule has 0 aromatic rings. The molecule has 0 aliphatic heterocycles. The molecule has 0 aromatic carbocycles. The number of hydrogen-bond donors (Lipinski definition) is 3. The van der Waals surface area contributed by atoms with E-state index in [0.29, 0.717) is 0 Å². The summed E-state index contributed by atoms with van der Waals surface area (Å²) in [6.45, 7) is 7.36. The van der Waals surface area contributed by atoms with Crippen molar-refractivity contribution in [2.24, 2.45) is 0 Å². The van der Waals surface area contributed by atoms with Crippen molar-refractivity contribution in [1.82, 2.24) is 5.32 Å². The van der Waals surface area contributed by atoms with Gasteiger partial charge < -0.3 is 15.5 Å². The normalized spacial score (nSPS) is 18.0. The van der Waals surface area contributed by atoms with Crippen LogP contribution in [0.4, 0.5) is 0 Å². The lowest BCUT2D eigenvalue weighted by molar-refractivity contribution is 0.0374. The van der Waals surface area contributed by atoms with Crippen LogP contribution in [0.1, 0.15) is 27.7 Å². The first kappa shape index (κ1) is 10.9. The molecular formula is C8H19NO2. The largest absolute Gasteiger partial charge is 0.395 e. The highest BCUT2D eigenvalue weighted by Gasteiger charge is 2.22. The summed E-state index contributed by atoms with van der Waals surface area (Å²) >= 11 is 0. The van der Waals surface area contributed by atoms with Gasteiger partial charge in [-0.2, -0.15) is 0 Å². The van der Waals surface area contributed by atoms with Gasteiger partial charge in [-0.25, -0.2) is 0 Å². The summed E-state index contributed by atoms with van der Waals surface area (Å²) in [5.41, 5.74) is -0.733. The lowest BCUT2D eigenvalue weighted by Gasteiger charge is -2.29. The van der Waals surface area contributed by atoms with Crippen molar-refractivity contribution in [1.29, 1.82) is 0 Å². The Morgan fingerprint density at radius 2 is 1.82 bits per heavy atom. The molecule has 0 rings (SSSR count). The van der Waals surface area contributed by atoms with Gasteiger partial charge in [0.05, 0.1) is 12.2 Å². The van der Waals surface area contributed by atoms with E-state index in [4.69, 9.17) is 5.11 Å². The molecule has 3 nitrogen and oxygen atoms in total. The van der Waals surface area contributed by atoms with Crippen molar-refractivity contribution in [3.63, 3.8) is 0 Å². The van der Waals surface area contributed by atoms with Crippen LogP contribution >= 0.6 is 0 Å². The third-order valence-electron chi connectivity index (χ3n) is 1.87. The Morgan fingerprint density at radius 1 is 1.36 bits per heavy atom. The van der Waals surface area contributed by atoms with Crippen molar-refractivity contribution in [2.75, 3.05) is 6.61 Å². The van der Waals surface area contributed by atoms with E-state index in [1.807, 2.05) is 13.8 Å². The fraction of sp³-hybridized carbons (Fsp3) is 1.00. The van der Waals surface area contributed by atoms with E-state index in [-0.39, 0.29) is 18.7 Å². The molecule has 0 radical (unpaired) electrons. The van der Waals surface area contributed by atoms with Crippen molar-refractivity contribution in [3.05, 3.63) is 0 Å². The van der Waals surface area contributed by atoms with E-state index in [2.05, 4.69) is 5.32 Å². The topological polar surface area (TPSA) is 52.5 Å². The molecule has 0 amide bonds. The predicted molar refractivity (Wildman–Crippen MR) is 45.4 cm³/mol. The highest BCUT2D eigenvalue weighted by molar-refractivity contribution is 4.81. The van der Waals surface area contributed by atoms with Gasteiger partial charge in [0.1, 0.15) is 0 Å². The fourth-order valence-electron chi connectivity index (χ4n) is 0.683. The maximum atomic E-state index is 9.49.